The molecule has 2 aromatic rings. The Bertz CT molecular complexity index is 597. The average Bonchev–Trinajstić information content (AvgIpc) is 2.42. The van der Waals surface area contributed by atoms with Gasteiger partial charge in [-0.05, 0) is 11.6 Å². The van der Waals surface area contributed by atoms with Crippen LogP contribution >= 0.6 is 11.6 Å². The molecule has 0 saturated heterocycles. The molecule has 2 rings (SSSR count). The minimum atomic E-state index is -0.926. The summed E-state index contributed by atoms with van der Waals surface area (Å²) in [5, 5.41) is 4.60. The molecular weight excluding hydrogens is 286 g/mol. The Kier molecular flexibility index (Phi) is 4.53. The van der Waals surface area contributed by atoms with E-state index in [0.717, 1.165) is 11.6 Å². The molecule has 0 aromatic heterocycles. The van der Waals surface area contributed by atoms with Crippen molar-refractivity contribution in [1.29, 1.82) is 0 Å². The van der Waals surface area contributed by atoms with Crippen LogP contribution in [-0.4, -0.2) is 6.03 Å². The molecular formula is C14H11ClF2N2O. The van der Waals surface area contributed by atoms with Gasteiger partial charge in [-0.1, -0.05) is 41.9 Å². The maximum atomic E-state index is 13.5. The van der Waals surface area contributed by atoms with E-state index in [1.165, 1.54) is 0 Å². The van der Waals surface area contributed by atoms with Crippen LogP contribution < -0.4 is 10.6 Å². The number of hydrogen-bond donors (Lipinski definition) is 2. The summed E-state index contributed by atoms with van der Waals surface area (Å²) in [5.41, 5.74) is 0.645. The molecule has 3 nitrogen and oxygen atoms in total. The second-order valence-corrected chi connectivity index (χ2v) is 4.44. The molecule has 2 amide bonds. The number of carbonyl (C=O) groups excluding carboxylic acids is 1. The summed E-state index contributed by atoms with van der Waals surface area (Å²) in [6, 6.07) is 10.2. The molecule has 0 aliphatic heterocycles. The van der Waals surface area contributed by atoms with E-state index >= 15 is 0 Å². The molecule has 0 radical (unpaired) electrons. The lowest BCUT2D eigenvalue weighted by molar-refractivity contribution is 0.251. The van der Waals surface area contributed by atoms with Crippen molar-refractivity contribution < 1.29 is 13.6 Å². The van der Waals surface area contributed by atoms with Crippen LogP contribution in [0.5, 0.6) is 0 Å². The first-order valence-electron chi connectivity index (χ1n) is 5.79. The Morgan fingerprint density at radius 3 is 2.50 bits per heavy atom. The van der Waals surface area contributed by atoms with Gasteiger partial charge in [0.25, 0.3) is 0 Å². The second kappa shape index (κ2) is 6.34. The van der Waals surface area contributed by atoms with Gasteiger partial charge in [-0.2, -0.15) is 0 Å². The predicted molar refractivity (Wildman–Crippen MR) is 73.7 cm³/mol. The van der Waals surface area contributed by atoms with Crippen molar-refractivity contribution in [2.75, 3.05) is 5.32 Å². The summed E-state index contributed by atoms with van der Waals surface area (Å²) >= 11 is 5.67. The Labute approximate surface area is 119 Å². The maximum absolute atomic E-state index is 13.5. The molecule has 0 saturated carbocycles. The Hall–Kier alpha value is -2.14. The summed E-state index contributed by atoms with van der Waals surface area (Å²) in [4.78, 5) is 11.6. The minimum absolute atomic E-state index is 0.197. The van der Waals surface area contributed by atoms with Crippen molar-refractivity contribution in [3.05, 3.63) is 64.7 Å². The molecule has 0 bridgehead atoms. The lowest BCUT2D eigenvalue weighted by atomic mass is 10.2. The lowest BCUT2D eigenvalue weighted by Crippen LogP contribution is -2.28. The molecule has 0 unspecified atom stereocenters. The van der Waals surface area contributed by atoms with Gasteiger partial charge in [0.1, 0.15) is 5.82 Å². The highest BCUT2D eigenvalue weighted by atomic mass is 35.5. The fraction of sp³-hybridized carbons (Fsp3) is 0.0714. The van der Waals surface area contributed by atoms with Gasteiger partial charge in [0, 0.05) is 12.6 Å². The fourth-order valence-electron chi connectivity index (χ4n) is 1.60. The average molecular weight is 297 g/mol. The van der Waals surface area contributed by atoms with Gasteiger partial charge in [0.2, 0.25) is 0 Å². The van der Waals surface area contributed by atoms with E-state index < -0.39 is 17.7 Å². The van der Waals surface area contributed by atoms with E-state index in [9.17, 15) is 13.6 Å². The van der Waals surface area contributed by atoms with Crippen LogP contribution in [0.1, 0.15) is 5.56 Å². The molecule has 0 heterocycles. The minimum Gasteiger partial charge on any atom is -0.334 e. The molecule has 2 aromatic carbocycles. The zero-order valence-corrected chi connectivity index (χ0v) is 11.0. The number of rotatable bonds is 3. The molecule has 0 atom stereocenters. The predicted octanol–water partition coefficient (Wildman–Crippen LogP) is 3.94. The topological polar surface area (TPSA) is 41.1 Å². The first-order chi connectivity index (χ1) is 9.56. The highest BCUT2D eigenvalue weighted by Crippen LogP contribution is 2.26. The van der Waals surface area contributed by atoms with E-state index in [1.807, 2.05) is 30.3 Å². The highest BCUT2D eigenvalue weighted by Gasteiger charge is 2.12. The SMILES string of the molecule is O=C(NCc1ccccc1)Nc1c(F)cc(F)cc1Cl. The Morgan fingerprint density at radius 2 is 1.85 bits per heavy atom. The van der Waals surface area contributed by atoms with Crippen LogP contribution in [-0.2, 0) is 6.54 Å². The van der Waals surface area contributed by atoms with Crippen molar-refractivity contribution in [1.82, 2.24) is 5.32 Å². The third kappa shape index (κ3) is 3.68. The summed E-state index contributed by atoms with van der Waals surface area (Å²) < 4.78 is 26.3. The van der Waals surface area contributed by atoms with E-state index in [1.54, 1.807) is 0 Å². The van der Waals surface area contributed by atoms with Crippen molar-refractivity contribution in [3.8, 4) is 0 Å². The van der Waals surface area contributed by atoms with Crippen molar-refractivity contribution in [2.24, 2.45) is 0 Å². The van der Waals surface area contributed by atoms with Crippen LogP contribution in [0.25, 0.3) is 0 Å². The summed E-state index contributed by atoms with van der Waals surface area (Å²) in [6.07, 6.45) is 0. The highest BCUT2D eigenvalue weighted by molar-refractivity contribution is 6.33. The lowest BCUT2D eigenvalue weighted by Gasteiger charge is -2.10. The van der Waals surface area contributed by atoms with Crippen molar-refractivity contribution >= 4 is 23.3 Å². The Balaban J connectivity index is 1.98. The Morgan fingerprint density at radius 1 is 1.15 bits per heavy atom. The van der Waals surface area contributed by atoms with E-state index in [-0.39, 0.29) is 17.3 Å². The number of carbonyl (C=O) groups is 1. The van der Waals surface area contributed by atoms with Crippen LogP contribution in [0, 0.1) is 11.6 Å². The monoisotopic (exact) mass is 296 g/mol. The smallest absolute Gasteiger partial charge is 0.319 e. The van der Waals surface area contributed by atoms with Gasteiger partial charge < -0.3 is 10.6 Å². The van der Waals surface area contributed by atoms with Gasteiger partial charge >= 0.3 is 6.03 Å². The molecule has 0 aliphatic carbocycles. The summed E-state index contributed by atoms with van der Waals surface area (Å²) in [7, 11) is 0. The molecule has 20 heavy (non-hydrogen) atoms. The normalized spacial score (nSPS) is 10.2. The third-order valence-electron chi connectivity index (χ3n) is 2.54. The van der Waals surface area contributed by atoms with E-state index in [2.05, 4.69) is 10.6 Å². The van der Waals surface area contributed by atoms with E-state index in [4.69, 9.17) is 11.6 Å². The number of nitrogens with one attached hydrogen (secondary N) is 2. The molecule has 6 heteroatoms. The van der Waals surface area contributed by atoms with Gasteiger partial charge in [-0.3, -0.25) is 0 Å². The number of benzene rings is 2. The fourth-order valence-corrected chi connectivity index (χ4v) is 1.84. The van der Waals surface area contributed by atoms with Gasteiger partial charge in [-0.25, -0.2) is 13.6 Å². The van der Waals surface area contributed by atoms with E-state index in [0.29, 0.717) is 6.07 Å². The van der Waals surface area contributed by atoms with Crippen LogP contribution in [0.4, 0.5) is 19.3 Å². The zero-order chi connectivity index (χ0) is 14.5. The summed E-state index contributed by atoms with van der Waals surface area (Å²) in [5.74, 6) is -1.73. The third-order valence-corrected chi connectivity index (χ3v) is 2.84. The molecule has 0 spiro atoms. The van der Waals surface area contributed by atoms with Crippen LogP contribution in [0.2, 0.25) is 5.02 Å². The zero-order valence-electron chi connectivity index (χ0n) is 10.3. The standard InChI is InChI=1S/C14H11ClF2N2O/c15-11-6-10(16)7-12(17)13(11)19-14(20)18-8-9-4-2-1-3-5-9/h1-7H,8H2,(H2,18,19,20). The number of urea groups is 1. The quantitative estimate of drug-likeness (QED) is 0.885. The van der Waals surface area contributed by atoms with Crippen molar-refractivity contribution in [3.63, 3.8) is 0 Å². The second-order valence-electron chi connectivity index (χ2n) is 4.04. The van der Waals surface area contributed by atoms with Crippen molar-refractivity contribution in [2.45, 2.75) is 6.54 Å². The largest absolute Gasteiger partial charge is 0.334 e. The van der Waals surface area contributed by atoms with Gasteiger partial charge in [0.05, 0.1) is 10.7 Å². The van der Waals surface area contributed by atoms with Gasteiger partial charge in [-0.15, -0.1) is 0 Å². The molecule has 104 valence electrons. The number of hydrogen-bond acceptors (Lipinski definition) is 1. The molecule has 0 aliphatic rings. The number of halogens is 3. The number of amides is 2. The first kappa shape index (κ1) is 14.3. The first-order valence-corrected chi connectivity index (χ1v) is 6.17. The van der Waals surface area contributed by atoms with Crippen LogP contribution in [0.15, 0.2) is 42.5 Å². The summed E-state index contributed by atoms with van der Waals surface area (Å²) in [6.45, 7) is 0.285. The van der Waals surface area contributed by atoms with Crippen LogP contribution in [0.3, 0.4) is 0 Å². The van der Waals surface area contributed by atoms with Gasteiger partial charge in [0.15, 0.2) is 5.82 Å². The number of anilines is 1. The maximum Gasteiger partial charge on any atom is 0.319 e. The molecule has 2 N–H and O–H groups in total. The molecule has 0 fully saturated rings.